The molecular weight excluding hydrogens is 290 g/mol. The summed E-state index contributed by atoms with van der Waals surface area (Å²) in [5, 5.41) is 0. The molecule has 0 saturated carbocycles. The third-order valence-electron chi connectivity index (χ3n) is 3.58. The van der Waals surface area contributed by atoms with Crippen LogP contribution in [0, 0.1) is 5.92 Å². The van der Waals surface area contributed by atoms with Crippen LogP contribution < -0.4 is 5.73 Å². The van der Waals surface area contributed by atoms with E-state index in [0.717, 1.165) is 22.6 Å². The van der Waals surface area contributed by atoms with Gasteiger partial charge >= 0.3 is 0 Å². The van der Waals surface area contributed by atoms with Crippen LogP contribution in [-0.4, -0.2) is 43.5 Å². The molecule has 1 heterocycles. The fraction of sp³-hybridized carbons (Fsp3) is 0.571. The van der Waals surface area contributed by atoms with Crippen LogP contribution >= 0.6 is 15.9 Å². The SMILES string of the molecule is CN1CCC(CN(C)Cc2ccc(N)c(Br)c2)C1. The van der Waals surface area contributed by atoms with E-state index in [9.17, 15) is 0 Å². The summed E-state index contributed by atoms with van der Waals surface area (Å²) in [6, 6.07) is 6.20. The third kappa shape index (κ3) is 3.70. The van der Waals surface area contributed by atoms with Crippen molar-refractivity contribution < 1.29 is 0 Å². The zero-order chi connectivity index (χ0) is 13.1. The molecule has 1 fully saturated rings. The van der Waals surface area contributed by atoms with Gasteiger partial charge in [-0.25, -0.2) is 0 Å². The predicted molar refractivity (Wildman–Crippen MR) is 80.5 cm³/mol. The monoisotopic (exact) mass is 311 g/mol. The van der Waals surface area contributed by atoms with Crippen molar-refractivity contribution >= 4 is 21.6 Å². The molecule has 0 spiro atoms. The number of benzene rings is 1. The summed E-state index contributed by atoms with van der Waals surface area (Å²) in [6.07, 6.45) is 1.33. The van der Waals surface area contributed by atoms with E-state index in [2.05, 4.69) is 52.0 Å². The number of nitrogens with two attached hydrogens (primary N) is 1. The Balaban J connectivity index is 1.86. The second-order valence-electron chi connectivity index (χ2n) is 5.47. The summed E-state index contributed by atoms with van der Waals surface area (Å²) in [4.78, 5) is 4.82. The average Bonchev–Trinajstić information content (AvgIpc) is 2.69. The Morgan fingerprint density at radius 3 is 2.89 bits per heavy atom. The second kappa shape index (κ2) is 6.04. The van der Waals surface area contributed by atoms with Gasteiger partial charge in [0.2, 0.25) is 0 Å². The number of nitrogens with zero attached hydrogens (tertiary/aromatic N) is 2. The molecule has 1 aromatic rings. The van der Waals surface area contributed by atoms with Crippen molar-refractivity contribution in [3.05, 3.63) is 28.2 Å². The molecule has 3 nitrogen and oxygen atoms in total. The molecule has 0 radical (unpaired) electrons. The first-order valence-electron chi connectivity index (χ1n) is 6.45. The maximum absolute atomic E-state index is 5.80. The van der Waals surface area contributed by atoms with Crippen LogP contribution in [0.5, 0.6) is 0 Å². The van der Waals surface area contributed by atoms with Crippen molar-refractivity contribution in [3.8, 4) is 0 Å². The van der Waals surface area contributed by atoms with Gasteiger partial charge < -0.3 is 15.5 Å². The van der Waals surface area contributed by atoms with Gasteiger partial charge in [-0.2, -0.15) is 0 Å². The average molecular weight is 312 g/mol. The summed E-state index contributed by atoms with van der Waals surface area (Å²) in [5.74, 6) is 0.817. The molecule has 0 amide bonds. The highest BCUT2D eigenvalue weighted by molar-refractivity contribution is 9.10. The Labute approximate surface area is 118 Å². The van der Waals surface area contributed by atoms with E-state index < -0.39 is 0 Å². The van der Waals surface area contributed by atoms with Crippen LogP contribution in [0.15, 0.2) is 22.7 Å². The van der Waals surface area contributed by atoms with E-state index in [1.807, 2.05) is 6.07 Å². The Morgan fingerprint density at radius 2 is 2.28 bits per heavy atom. The Morgan fingerprint density at radius 1 is 1.50 bits per heavy atom. The van der Waals surface area contributed by atoms with E-state index in [0.29, 0.717) is 0 Å². The lowest BCUT2D eigenvalue weighted by Crippen LogP contribution is -2.27. The molecule has 0 bridgehead atoms. The van der Waals surface area contributed by atoms with Gasteiger partial charge in [0, 0.05) is 29.8 Å². The minimum atomic E-state index is 0.804. The molecule has 1 aliphatic heterocycles. The molecule has 1 aromatic carbocycles. The molecule has 4 heteroatoms. The molecule has 2 rings (SSSR count). The lowest BCUT2D eigenvalue weighted by atomic mass is 10.1. The number of halogens is 1. The van der Waals surface area contributed by atoms with Crippen molar-refractivity contribution in [1.82, 2.24) is 9.80 Å². The Hall–Kier alpha value is -0.580. The predicted octanol–water partition coefficient (Wildman–Crippen LogP) is 2.41. The molecule has 2 N–H and O–H groups in total. The summed E-state index contributed by atoms with van der Waals surface area (Å²) >= 11 is 3.48. The zero-order valence-corrected chi connectivity index (χ0v) is 12.8. The maximum atomic E-state index is 5.80. The molecule has 1 unspecified atom stereocenters. The minimum Gasteiger partial charge on any atom is -0.398 e. The molecule has 1 saturated heterocycles. The van der Waals surface area contributed by atoms with Gasteiger partial charge in [0.1, 0.15) is 0 Å². The number of likely N-dealkylation sites (tertiary alicyclic amines) is 1. The third-order valence-corrected chi connectivity index (χ3v) is 4.26. The molecule has 0 aromatic heterocycles. The molecule has 1 aliphatic rings. The highest BCUT2D eigenvalue weighted by Gasteiger charge is 2.20. The summed E-state index contributed by atoms with van der Waals surface area (Å²) < 4.78 is 0.994. The lowest BCUT2D eigenvalue weighted by molar-refractivity contribution is 0.267. The van der Waals surface area contributed by atoms with Crippen LogP contribution in [0.25, 0.3) is 0 Å². The van der Waals surface area contributed by atoms with Crippen molar-refractivity contribution in [2.75, 3.05) is 39.5 Å². The van der Waals surface area contributed by atoms with Crippen LogP contribution in [0.2, 0.25) is 0 Å². The van der Waals surface area contributed by atoms with E-state index in [1.165, 1.54) is 31.6 Å². The van der Waals surface area contributed by atoms with Crippen LogP contribution in [-0.2, 0) is 6.54 Å². The zero-order valence-electron chi connectivity index (χ0n) is 11.2. The largest absolute Gasteiger partial charge is 0.398 e. The van der Waals surface area contributed by atoms with E-state index in [4.69, 9.17) is 5.73 Å². The van der Waals surface area contributed by atoms with Gasteiger partial charge in [-0.1, -0.05) is 6.07 Å². The molecular formula is C14H22BrN3. The van der Waals surface area contributed by atoms with E-state index >= 15 is 0 Å². The summed E-state index contributed by atoms with van der Waals surface area (Å²) in [5.41, 5.74) is 7.92. The van der Waals surface area contributed by atoms with E-state index in [-0.39, 0.29) is 0 Å². The second-order valence-corrected chi connectivity index (χ2v) is 6.32. The fourth-order valence-electron chi connectivity index (χ4n) is 2.66. The van der Waals surface area contributed by atoms with E-state index in [1.54, 1.807) is 0 Å². The summed E-state index contributed by atoms with van der Waals surface area (Å²) in [7, 11) is 4.40. The van der Waals surface area contributed by atoms with Crippen molar-refractivity contribution in [2.45, 2.75) is 13.0 Å². The molecule has 1 atom stereocenters. The van der Waals surface area contributed by atoms with Crippen molar-refractivity contribution in [2.24, 2.45) is 5.92 Å². The van der Waals surface area contributed by atoms with Gasteiger partial charge in [0.05, 0.1) is 0 Å². The smallest absolute Gasteiger partial charge is 0.0458 e. The highest BCUT2D eigenvalue weighted by atomic mass is 79.9. The molecule has 0 aliphatic carbocycles. The maximum Gasteiger partial charge on any atom is 0.0458 e. The number of rotatable bonds is 4. The minimum absolute atomic E-state index is 0.804. The number of hydrogen-bond acceptors (Lipinski definition) is 3. The van der Waals surface area contributed by atoms with Gasteiger partial charge in [0.15, 0.2) is 0 Å². The fourth-order valence-corrected chi connectivity index (χ4v) is 3.09. The Kier molecular flexibility index (Phi) is 4.65. The standard InChI is InChI=1S/C14H22BrN3/c1-17-6-5-12(9-17)10-18(2)8-11-3-4-14(16)13(15)7-11/h3-4,7,12H,5-6,8-10,16H2,1-2H3. The summed E-state index contributed by atoms with van der Waals surface area (Å²) in [6.45, 7) is 4.63. The van der Waals surface area contributed by atoms with Gasteiger partial charge in [-0.3, -0.25) is 0 Å². The lowest BCUT2D eigenvalue weighted by Gasteiger charge is -2.21. The highest BCUT2D eigenvalue weighted by Crippen LogP contribution is 2.22. The van der Waals surface area contributed by atoms with Gasteiger partial charge in [-0.05, 0) is 66.6 Å². The number of nitrogen functional groups attached to an aromatic ring is 1. The number of anilines is 1. The molecule has 100 valence electrons. The normalized spacial score (nSPS) is 20.8. The first-order chi connectivity index (χ1) is 8.54. The van der Waals surface area contributed by atoms with Crippen LogP contribution in [0.3, 0.4) is 0 Å². The van der Waals surface area contributed by atoms with Crippen LogP contribution in [0.4, 0.5) is 5.69 Å². The van der Waals surface area contributed by atoms with Crippen LogP contribution in [0.1, 0.15) is 12.0 Å². The van der Waals surface area contributed by atoms with Gasteiger partial charge in [0.25, 0.3) is 0 Å². The van der Waals surface area contributed by atoms with Gasteiger partial charge in [-0.15, -0.1) is 0 Å². The quantitative estimate of drug-likeness (QED) is 0.867. The van der Waals surface area contributed by atoms with Crippen molar-refractivity contribution in [3.63, 3.8) is 0 Å². The topological polar surface area (TPSA) is 32.5 Å². The first kappa shape index (κ1) is 13.8. The first-order valence-corrected chi connectivity index (χ1v) is 7.25. The number of hydrogen-bond donors (Lipinski definition) is 1. The van der Waals surface area contributed by atoms with Crippen molar-refractivity contribution in [1.29, 1.82) is 0 Å². The Bertz CT molecular complexity index is 408. The molecule has 18 heavy (non-hydrogen) atoms.